The van der Waals surface area contributed by atoms with Gasteiger partial charge in [0.15, 0.2) is 11.5 Å². The highest BCUT2D eigenvalue weighted by Gasteiger charge is 2.23. The first kappa shape index (κ1) is 18.4. The standard InChI is InChI=1S/C20H18FN7O/c21-15(13-6-8-14(23)9-7-13)12-28-17-5-2-1-4-16(17)25-20(28)18-19(27-29-26-18)24-11-3-10-22/h1-2,4-9,15H,3,11-12,23H2,(H,24,27). The summed E-state index contributed by atoms with van der Waals surface area (Å²) in [7, 11) is 0. The molecule has 0 spiro atoms. The number of hydrogen-bond donors (Lipinski definition) is 2. The summed E-state index contributed by atoms with van der Waals surface area (Å²) in [6.07, 6.45) is -0.978. The monoisotopic (exact) mass is 391 g/mol. The summed E-state index contributed by atoms with van der Waals surface area (Å²) in [5, 5.41) is 19.5. The lowest BCUT2D eigenvalue weighted by Crippen LogP contribution is -2.09. The van der Waals surface area contributed by atoms with Gasteiger partial charge in [-0.05, 0) is 40.1 Å². The number of nitrogens with zero attached hydrogens (tertiary/aromatic N) is 5. The van der Waals surface area contributed by atoms with Crippen LogP contribution in [0.25, 0.3) is 22.6 Å². The van der Waals surface area contributed by atoms with Crippen LogP contribution >= 0.6 is 0 Å². The molecule has 146 valence electrons. The van der Waals surface area contributed by atoms with Gasteiger partial charge >= 0.3 is 0 Å². The molecule has 4 aromatic rings. The molecule has 8 nitrogen and oxygen atoms in total. The Labute approximate surface area is 165 Å². The lowest BCUT2D eigenvalue weighted by atomic mass is 10.1. The third-order valence-electron chi connectivity index (χ3n) is 4.53. The van der Waals surface area contributed by atoms with Crippen LogP contribution in [0.5, 0.6) is 0 Å². The largest absolute Gasteiger partial charge is 0.399 e. The predicted molar refractivity (Wildman–Crippen MR) is 106 cm³/mol. The summed E-state index contributed by atoms with van der Waals surface area (Å²) in [4.78, 5) is 4.61. The van der Waals surface area contributed by atoms with Crippen LogP contribution in [0, 0.1) is 11.3 Å². The smallest absolute Gasteiger partial charge is 0.202 e. The third kappa shape index (κ3) is 3.73. The van der Waals surface area contributed by atoms with Crippen molar-refractivity contribution in [2.75, 3.05) is 17.6 Å². The van der Waals surface area contributed by atoms with E-state index >= 15 is 4.39 Å². The Balaban J connectivity index is 1.73. The van der Waals surface area contributed by atoms with Crippen LogP contribution in [0.3, 0.4) is 0 Å². The minimum Gasteiger partial charge on any atom is -0.399 e. The summed E-state index contributed by atoms with van der Waals surface area (Å²) >= 11 is 0. The summed E-state index contributed by atoms with van der Waals surface area (Å²) < 4.78 is 21.8. The number of nitriles is 1. The molecule has 0 aliphatic carbocycles. The van der Waals surface area contributed by atoms with Crippen molar-refractivity contribution < 1.29 is 9.02 Å². The number of nitrogens with one attached hydrogen (secondary N) is 1. The van der Waals surface area contributed by atoms with Crippen molar-refractivity contribution in [1.29, 1.82) is 5.26 Å². The Morgan fingerprint density at radius 1 is 1.17 bits per heavy atom. The molecule has 3 N–H and O–H groups in total. The van der Waals surface area contributed by atoms with E-state index in [1.807, 2.05) is 30.3 Å². The molecule has 9 heteroatoms. The van der Waals surface area contributed by atoms with Gasteiger partial charge in [0.1, 0.15) is 6.17 Å². The van der Waals surface area contributed by atoms with E-state index in [9.17, 15) is 0 Å². The zero-order chi connectivity index (χ0) is 20.2. The second-order valence-electron chi connectivity index (χ2n) is 6.47. The summed E-state index contributed by atoms with van der Waals surface area (Å²) in [5.74, 6) is 0.796. The van der Waals surface area contributed by atoms with Crippen LogP contribution in [-0.4, -0.2) is 26.4 Å². The number of para-hydroxylation sites is 2. The molecule has 1 unspecified atom stereocenters. The van der Waals surface area contributed by atoms with Gasteiger partial charge < -0.3 is 15.6 Å². The van der Waals surface area contributed by atoms with Crippen LogP contribution in [-0.2, 0) is 6.54 Å². The van der Waals surface area contributed by atoms with Crippen molar-refractivity contribution in [2.24, 2.45) is 0 Å². The minimum absolute atomic E-state index is 0.0320. The molecule has 0 saturated carbocycles. The number of aromatic nitrogens is 4. The SMILES string of the molecule is N#CCCNc1nonc1-c1nc2ccccc2n1CC(F)c1ccc(N)cc1. The molecule has 0 aliphatic rings. The topological polar surface area (TPSA) is 119 Å². The van der Waals surface area contributed by atoms with Crippen molar-refractivity contribution >= 4 is 22.5 Å². The predicted octanol–water partition coefficient (Wildman–Crippen LogP) is 3.70. The normalized spacial score (nSPS) is 12.0. The van der Waals surface area contributed by atoms with E-state index in [0.29, 0.717) is 47.1 Å². The molecule has 0 saturated heterocycles. The molecule has 2 aromatic carbocycles. The van der Waals surface area contributed by atoms with Gasteiger partial charge in [-0.25, -0.2) is 14.0 Å². The number of halogens is 1. The second-order valence-corrected chi connectivity index (χ2v) is 6.47. The van der Waals surface area contributed by atoms with Gasteiger partial charge in [-0.3, -0.25) is 0 Å². The lowest BCUT2D eigenvalue weighted by molar-refractivity contribution is 0.303. The van der Waals surface area contributed by atoms with E-state index < -0.39 is 6.17 Å². The quantitative estimate of drug-likeness (QED) is 0.364. The maximum Gasteiger partial charge on any atom is 0.202 e. The van der Waals surface area contributed by atoms with Crippen molar-refractivity contribution in [3.8, 4) is 17.6 Å². The number of fused-ring (bicyclic) bond motifs is 1. The molecule has 1 atom stereocenters. The number of anilines is 2. The van der Waals surface area contributed by atoms with E-state index in [1.165, 1.54) is 0 Å². The first-order valence-electron chi connectivity index (χ1n) is 9.06. The molecule has 0 fully saturated rings. The van der Waals surface area contributed by atoms with Crippen LogP contribution in [0.1, 0.15) is 18.2 Å². The van der Waals surface area contributed by atoms with Crippen LogP contribution < -0.4 is 11.1 Å². The zero-order valence-corrected chi connectivity index (χ0v) is 15.4. The molecule has 2 aromatic heterocycles. The summed E-state index contributed by atoms with van der Waals surface area (Å²) in [6, 6.07) is 16.2. The van der Waals surface area contributed by atoms with Crippen LogP contribution in [0.4, 0.5) is 15.9 Å². The number of rotatable bonds is 7. The summed E-state index contributed by atoms with van der Waals surface area (Å²) in [6.45, 7) is 0.416. The highest BCUT2D eigenvalue weighted by molar-refractivity contribution is 5.81. The van der Waals surface area contributed by atoms with Crippen molar-refractivity contribution in [2.45, 2.75) is 19.1 Å². The minimum atomic E-state index is -1.28. The van der Waals surface area contributed by atoms with Gasteiger partial charge in [0, 0.05) is 12.2 Å². The number of hydrogen-bond acceptors (Lipinski definition) is 7. The third-order valence-corrected chi connectivity index (χ3v) is 4.53. The van der Waals surface area contributed by atoms with E-state index in [4.69, 9.17) is 15.6 Å². The highest BCUT2D eigenvalue weighted by Crippen LogP contribution is 2.31. The van der Waals surface area contributed by atoms with E-state index in [2.05, 4.69) is 20.6 Å². The van der Waals surface area contributed by atoms with Gasteiger partial charge in [-0.1, -0.05) is 24.3 Å². The molecular weight excluding hydrogens is 373 g/mol. The average molecular weight is 391 g/mol. The maximum atomic E-state index is 15.1. The molecular formula is C20H18FN7O. The molecule has 0 radical (unpaired) electrons. The van der Waals surface area contributed by atoms with Crippen molar-refractivity contribution in [3.63, 3.8) is 0 Å². The van der Waals surface area contributed by atoms with Crippen LogP contribution in [0.15, 0.2) is 53.2 Å². The zero-order valence-electron chi connectivity index (χ0n) is 15.4. The first-order chi connectivity index (χ1) is 14.2. The van der Waals surface area contributed by atoms with Gasteiger partial charge in [0.2, 0.25) is 5.82 Å². The number of alkyl halides is 1. The maximum absolute atomic E-state index is 15.1. The Hall–Kier alpha value is -3.93. The first-order valence-corrected chi connectivity index (χ1v) is 9.06. The number of imidazole rings is 1. The number of benzene rings is 2. The molecule has 0 bridgehead atoms. The molecule has 2 heterocycles. The Bertz CT molecular complexity index is 1160. The fourth-order valence-electron chi connectivity index (χ4n) is 3.10. The molecule has 0 aliphatic heterocycles. The molecule has 0 amide bonds. The van der Waals surface area contributed by atoms with Gasteiger partial charge in [-0.2, -0.15) is 5.26 Å². The van der Waals surface area contributed by atoms with E-state index in [1.54, 1.807) is 28.8 Å². The average Bonchev–Trinajstić information content (AvgIpc) is 3.33. The molecule has 4 rings (SSSR count). The second kappa shape index (κ2) is 7.98. The molecule has 29 heavy (non-hydrogen) atoms. The highest BCUT2D eigenvalue weighted by atomic mass is 19.1. The van der Waals surface area contributed by atoms with Crippen molar-refractivity contribution in [1.82, 2.24) is 19.9 Å². The number of nitrogen functional groups attached to an aromatic ring is 1. The van der Waals surface area contributed by atoms with Gasteiger partial charge in [-0.15, -0.1) is 0 Å². The van der Waals surface area contributed by atoms with E-state index in [0.717, 1.165) is 5.52 Å². The fraction of sp³-hybridized carbons (Fsp3) is 0.200. The Kier molecular flexibility index (Phi) is 5.07. The number of nitrogens with two attached hydrogens (primary N) is 1. The van der Waals surface area contributed by atoms with Crippen molar-refractivity contribution in [3.05, 3.63) is 54.1 Å². The van der Waals surface area contributed by atoms with Gasteiger partial charge in [0.25, 0.3) is 0 Å². The Morgan fingerprint density at radius 3 is 2.76 bits per heavy atom. The Morgan fingerprint density at radius 2 is 1.97 bits per heavy atom. The van der Waals surface area contributed by atoms with E-state index in [-0.39, 0.29) is 6.54 Å². The summed E-state index contributed by atoms with van der Waals surface area (Å²) in [5.41, 5.74) is 8.64. The van der Waals surface area contributed by atoms with Crippen LogP contribution in [0.2, 0.25) is 0 Å². The van der Waals surface area contributed by atoms with Gasteiger partial charge in [0.05, 0.1) is 30.1 Å². The lowest BCUT2D eigenvalue weighted by Gasteiger charge is -2.13. The fourth-order valence-corrected chi connectivity index (χ4v) is 3.10.